The Balaban J connectivity index is 2.17. The summed E-state index contributed by atoms with van der Waals surface area (Å²) in [5.74, 6) is 0.750. The third-order valence-electron chi connectivity index (χ3n) is 2.61. The molecule has 10 heavy (non-hydrogen) atoms. The minimum absolute atomic E-state index is 0.153. The molecule has 0 aliphatic heterocycles. The fraction of sp³-hybridized carbons (Fsp3) is 0.750. The maximum atomic E-state index is 9.39. The molecule has 0 spiro atoms. The van der Waals surface area contributed by atoms with E-state index in [9.17, 15) is 5.11 Å². The first-order valence-electron chi connectivity index (χ1n) is 3.72. The van der Waals surface area contributed by atoms with Gasteiger partial charge in [-0.1, -0.05) is 12.2 Å². The van der Waals surface area contributed by atoms with Crippen molar-refractivity contribution in [2.24, 2.45) is 11.8 Å². The third kappa shape index (κ3) is 0.662. The molecule has 0 heterocycles. The molecule has 0 aromatic carbocycles. The number of hydrogen-bond donors (Lipinski definition) is 1. The van der Waals surface area contributed by atoms with Crippen LogP contribution in [0.5, 0.6) is 0 Å². The maximum absolute atomic E-state index is 9.39. The second-order valence-electron chi connectivity index (χ2n) is 3.13. The second-order valence-corrected chi connectivity index (χ2v) is 3.13. The number of ether oxygens (including phenoxy) is 1. The number of rotatable bonds is 1. The fourth-order valence-corrected chi connectivity index (χ4v) is 2.10. The molecular formula is C8H12O2. The predicted octanol–water partition coefficient (Wildman–Crippen LogP) is 0.568. The lowest BCUT2D eigenvalue weighted by Gasteiger charge is -2.13. The Kier molecular flexibility index (Phi) is 1.32. The van der Waals surface area contributed by atoms with Crippen molar-refractivity contribution in [3.05, 3.63) is 12.2 Å². The number of methoxy groups -OCH3 is 1. The Labute approximate surface area is 60.5 Å². The molecule has 2 nitrogen and oxygen atoms in total. The van der Waals surface area contributed by atoms with Crippen LogP contribution in [0.25, 0.3) is 0 Å². The van der Waals surface area contributed by atoms with Crippen LogP contribution in [0.2, 0.25) is 0 Å². The highest BCUT2D eigenvalue weighted by Gasteiger charge is 2.43. The van der Waals surface area contributed by atoms with Crippen molar-refractivity contribution in [1.82, 2.24) is 0 Å². The largest absolute Gasteiger partial charge is 0.392 e. The van der Waals surface area contributed by atoms with E-state index >= 15 is 0 Å². The summed E-state index contributed by atoms with van der Waals surface area (Å²) in [7, 11) is 1.72. The summed E-state index contributed by atoms with van der Waals surface area (Å²) in [6.07, 6.45) is 5.23. The van der Waals surface area contributed by atoms with E-state index < -0.39 is 0 Å². The predicted molar refractivity (Wildman–Crippen MR) is 37.5 cm³/mol. The molecule has 2 aliphatic rings. The summed E-state index contributed by atoms with van der Waals surface area (Å²) in [5, 5.41) is 9.39. The summed E-state index contributed by atoms with van der Waals surface area (Å²) in [6.45, 7) is 0. The van der Waals surface area contributed by atoms with Crippen LogP contribution in [0.1, 0.15) is 6.42 Å². The van der Waals surface area contributed by atoms with Gasteiger partial charge < -0.3 is 9.84 Å². The minimum atomic E-state index is -0.153. The standard InChI is InChI=1S/C8H12O2/c1-10-8-5-2-3-6(8)7(9)4-5/h2-3,5-9H,4H2,1H3. The van der Waals surface area contributed by atoms with Gasteiger partial charge in [-0.15, -0.1) is 0 Å². The quantitative estimate of drug-likeness (QED) is 0.539. The Morgan fingerprint density at radius 1 is 1.50 bits per heavy atom. The average Bonchev–Trinajstić information content (AvgIpc) is 2.42. The molecule has 4 unspecified atom stereocenters. The molecule has 1 fully saturated rings. The molecule has 2 heteroatoms. The summed E-state index contributed by atoms with van der Waals surface area (Å²) >= 11 is 0. The molecule has 56 valence electrons. The summed E-state index contributed by atoms with van der Waals surface area (Å²) in [4.78, 5) is 0. The Morgan fingerprint density at radius 3 is 2.60 bits per heavy atom. The van der Waals surface area contributed by atoms with Crippen LogP contribution in [0.15, 0.2) is 12.2 Å². The van der Waals surface area contributed by atoms with Gasteiger partial charge in [-0.2, -0.15) is 0 Å². The monoisotopic (exact) mass is 140 g/mol. The Hall–Kier alpha value is -0.340. The van der Waals surface area contributed by atoms with Gasteiger partial charge >= 0.3 is 0 Å². The molecule has 0 amide bonds. The molecule has 4 atom stereocenters. The van der Waals surface area contributed by atoms with Crippen molar-refractivity contribution in [2.75, 3.05) is 7.11 Å². The van der Waals surface area contributed by atoms with Gasteiger partial charge in [-0.05, 0) is 6.42 Å². The molecule has 2 aliphatic carbocycles. The van der Waals surface area contributed by atoms with Crippen LogP contribution in [-0.2, 0) is 4.74 Å². The maximum Gasteiger partial charge on any atom is 0.0722 e. The molecule has 0 radical (unpaired) electrons. The van der Waals surface area contributed by atoms with Crippen molar-refractivity contribution in [2.45, 2.75) is 18.6 Å². The van der Waals surface area contributed by atoms with Crippen molar-refractivity contribution >= 4 is 0 Å². The van der Waals surface area contributed by atoms with Crippen molar-refractivity contribution in [1.29, 1.82) is 0 Å². The van der Waals surface area contributed by atoms with E-state index in [4.69, 9.17) is 4.74 Å². The smallest absolute Gasteiger partial charge is 0.0722 e. The zero-order valence-electron chi connectivity index (χ0n) is 6.03. The summed E-state index contributed by atoms with van der Waals surface area (Å²) < 4.78 is 5.25. The SMILES string of the molecule is COC1C2C=CC1C(O)C2. The van der Waals surface area contributed by atoms with Gasteiger partial charge in [-0.25, -0.2) is 0 Å². The highest BCUT2D eigenvalue weighted by atomic mass is 16.5. The van der Waals surface area contributed by atoms with E-state index in [1.165, 1.54) is 0 Å². The van der Waals surface area contributed by atoms with E-state index in [-0.39, 0.29) is 18.1 Å². The van der Waals surface area contributed by atoms with Gasteiger partial charge in [-0.3, -0.25) is 0 Å². The fourth-order valence-electron chi connectivity index (χ4n) is 2.10. The topological polar surface area (TPSA) is 29.5 Å². The first-order valence-corrected chi connectivity index (χ1v) is 3.72. The van der Waals surface area contributed by atoms with E-state index in [0.717, 1.165) is 6.42 Å². The molecular weight excluding hydrogens is 128 g/mol. The lowest BCUT2D eigenvalue weighted by molar-refractivity contribution is 0.0511. The van der Waals surface area contributed by atoms with Gasteiger partial charge in [0.25, 0.3) is 0 Å². The van der Waals surface area contributed by atoms with Crippen LogP contribution in [-0.4, -0.2) is 24.4 Å². The first-order chi connectivity index (χ1) is 4.83. The van der Waals surface area contributed by atoms with E-state index in [1.807, 2.05) is 0 Å². The van der Waals surface area contributed by atoms with Crippen molar-refractivity contribution in [3.8, 4) is 0 Å². The summed E-state index contributed by atoms with van der Waals surface area (Å²) in [6, 6.07) is 0. The van der Waals surface area contributed by atoms with Crippen LogP contribution < -0.4 is 0 Å². The highest BCUT2D eigenvalue weighted by Crippen LogP contribution is 2.40. The average molecular weight is 140 g/mol. The van der Waals surface area contributed by atoms with E-state index in [0.29, 0.717) is 5.92 Å². The van der Waals surface area contributed by atoms with E-state index in [1.54, 1.807) is 7.11 Å². The molecule has 1 saturated carbocycles. The van der Waals surface area contributed by atoms with Crippen molar-refractivity contribution in [3.63, 3.8) is 0 Å². The molecule has 1 N–H and O–H groups in total. The van der Waals surface area contributed by atoms with E-state index in [2.05, 4.69) is 12.2 Å². The van der Waals surface area contributed by atoms with Crippen molar-refractivity contribution < 1.29 is 9.84 Å². The van der Waals surface area contributed by atoms with Crippen LogP contribution in [0.4, 0.5) is 0 Å². The zero-order chi connectivity index (χ0) is 7.14. The molecule has 0 aromatic heterocycles. The van der Waals surface area contributed by atoms with Gasteiger partial charge in [0.1, 0.15) is 0 Å². The van der Waals surface area contributed by atoms with Crippen LogP contribution in [0, 0.1) is 11.8 Å². The molecule has 2 rings (SSSR count). The molecule has 0 aromatic rings. The first kappa shape index (κ1) is 6.38. The van der Waals surface area contributed by atoms with Gasteiger partial charge in [0.2, 0.25) is 0 Å². The molecule has 2 bridgehead atoms. The lowest BCUT2D eigenvalue weighted by Crippen LogP contribution is -2.21. The van der Waals surface area contributed by atoms with Crippen LogP contribution >= 0.6 is 0 Å². The van der Waals surface area contributed by atoms with Crippen LogP contribution in [0.3, 0.4) is 0 Å². The zero-order valence-corrected chi connectivity index (χ0v) is 6.03. The number of fused-ring (bicyclic) bond motifs is 2. The third-order valence-corrected chi connectivity index (χ3v) is 2.61. The number of aliphatic hydroxyl groups excluding tert-OH is 1. The Morgan fingerprint density at radius 2 is 2.30 bits per heavy atom. The van der Waals surface area contributed by atoms with Gasteiger partial charge in [0.15, 0.2) is 0 Å². The normalized spacial score (nSPS) is 50.6. The summed E-state index contributed by atoms with van der Waals surface area (Å²) in [5.41, 5.74) is 0. The van der Waals surface area contributed by atoms with Gasteiger partial charge in [0, 0.05) is 18.9 Å². The number of hydrogen-bond acceptors (Lipinski definition) is 2. The van der Waals surface area contributed by atoms with Gasteiger partial charge in [0.05, 0.1) is 12.2 Å². The highest BCUT2D eigenvalue weighted by molar-refractivity contribution is 5.16. The second kappa shape index (κ2) is 2.07. The molecule has 0 saturated heterocycles. The minimum Gasteiger partial charge on any atom is -0.392 e. The number of aliphatic hydroxyl groups is 1. The Bertz CT molecular complexity index is 165. The lowest BCUT2D eigenvalue weighted by atomic mass is 10.1.